The highest BCUT2D eigenvalue weighted by molar-refractivity contribution is 5.94. The number of aryl methyl sites for hydroxylation is 1. The molecule has 0 aromatic heterocycles. The first kappa shape index (κ1) is 12.1. The van der Waals surface area contributed by atoms with Gasteiger partial charge in [-0.3, -0.25) is 4.79 Å². The summed E-state index contributed by atoms with van der Waals surface area (Å²) in [6.07, 6.45) is 2.99. The van der Waals surface area contributed by atoms with E-state index in [1.165, 1.54) is 12.8 Å². The van der Waals surface area contributed by atoms with Crippen molar-refractivity contribution in [3.63, 3.8) is 0 Å². The Morgan fingerprint density at radius 3 is 2.88 bits per heavy atom. The lowest BCUT2D eigenvalue weighted by molar-refractivity contribution is 0.0924. The van der Waals surface area contributed by atoms with Gasteiger partial charge in [0.2, 0.25) is 0 Å². The largest absolute Gasteiger partial charge is 0.396 e. The smallest absolute Gasteiger partial charge is 0.251 e. The van der Waals surface area contributed by atoms with Gasteiger partial charge in [-0.15, -0.1) is 0 Å². The highest BCUT2D eigenvalue weighted by Crippen LogP contribution is 2.34. The highest BCUT2D eigenvalue weighted by Gasteiger charge is 2.31. The minimum atomic E-state index is -0.0287. The Labute approximate surface area is 102 Å². The zero-order valence-electron chi connectivity index (χ0n) is 10.1. The fraction of sp³-hybridized carbons (Fsp3) is 0.500. The second-order valence-electron chi connectivity index (χ2n) is 4.80. The van der Waals surface area contributed by atoms with E-state index in [1.54, 1.807) is 0 Å². The fourth-order valence-electron chi connectivity index (χ4n) is 2.10. The molecule has 3 nitrogen and oxygen atoms in total. The Morgan fingerprint density at radius 1 is 1.53 bits per heavy atom. The average molecular weight is 233 g/mol. The van der Waals surface area contributed by atoms with Crippen LogP contribution in [0.1, 0.15) is 35.2 Å². The first-order valence-corrected chi connectivity index (χ1v) is 6.19. The molecule has 2 rings (SSSR count). The molecule has 0 aliphatic heterocycles. The lowest BCUT2D eigenvalue weighted by Gasteiger charge is -2.17. The quantitative estimate of drug-likeness (QED) is 0.816. The maximum Gasteiger partial charge on any atom is 0.251 e. The van der Waals surface area contributed by atoms with Crippen LogP contribution < -0.4 is 5.32 Å². The Kier molecular flexibility index (Phi) is 3.79. The SMILES string of the molecule is Cc1cccc(C(=O)NC(CCO)C2CC2)c1. The van der Waals surface area contributed by atoms with Gasteiger partial charge in [0.05, 0.1) is 0 Å². The summed E-state index contributed by atoms with van der Waals surface area (Å²) in [5.74, 6) is 0.537. The van der Waals surface area contributed by atoms with Crippen molar-refractivity contribution in [1.29, 1.82) is 0 Å². The summed E-state index contributed by atoms with van der Waals surface area (Å²) in [6.45, 7) is 2.11. The van der Waals surface area contributed by atoms with Crippen molar-refractivity contribution in [3.05, 3.63) is 35.4 Å². The van der Waals surface area contributed by atoms with Gasteiger partial charge in [0.25, 0.3) is 5.91 Å². The highest BCUT2D eigenvalue weighted by atomic mass is 16.3. The minimum Gasteiger partial charge on any atom is -0.396 e. The van der Waals surface area contributed by atoms with E-state index in [2.05, 4.69) is 5.32 Å². The molecule has 0 spiro atoms. The molecule has 1 saturated carbocycles. The number of hydrogen-bond acceptors (Lipinski definition) is 2. The maximum atomic E-state index is 12.0. The number of nitrogens with one attached hydrogen (secondary N) is 1. The van der Waals surface area contributed by atoms with E-state index in [9.17, 15) is 4.79 Å². The van der Waals surface area contributed by atoms with E-state index in [4.69, 9.17) is 5.11 Å². The second-order valence-corrected chi connectivity index (χ2v) is 4.80. The van der Waals surface area contributed by atoms with Crippen molar-refractivity contribution in [2.24, 2.45) is 5.92 Å². The van der Waals surface area contributed by atoms with Crippen LogP contribution in [0.5, 0.6) is 0 Å². The summed E-state index contributed by atoms with van der Waals surface area (Å²) in [7, 11) is 0. The predicted molar refractivity (Wildman–Crippen MR) is 66.9 cm³/mol. The van der Waals surface area contributed by atoms with Crippen molar-refractivity contribution in [2.75, 3.05) is 6.61 Å². The van der Waals surface area contributed by atoms with E-state index in [0.717, 1.165) is 5.56 Å². The number of aliphatic hydroxyl groups is 1. The molecule has 3 heteroatoms. The standard InChI is InChI=1S/C14H19NO2/c1-10-3-2-4-12(9-10)14(17)15-13(7-8-16)11-5-6-11/h2-4,9,11,13,16H,5-8H2,1H3,(H,15,17). The monoisotopic (exact) mass is 233 g/mol. The summed E-state index contributed by atoms with van der Waals surface area (Å²) in [5, 5.41) is 12.0. The van der Waals surface area contributed by atoms with Crippen LogP contribution in [0.2, 0.25) is 0 Å². The first-order chi connectivity index (χ1) is 8.20. The third kappa shape index (κ3) is 3.30. The Bertz CT molecular complexity index is 399. The van der Waals surface area contributed by atoms with Gasteiger partial charge in [-0.25, -0.2) is 0 Å². The van der Waals surface area contributed by atoms with Gasteiger partial charge in [-0.1, -0.05) is 17.7 Å². The van der Waals surface area contributed by atoms with Crippen molar-refractivity contribution in [1.82, 2.24) is 5.32 Å². The van der Waals surface area contributed by atoms with E-state index >= 15 is 0 Å². The molecule has 1 aromatic carbocycles. The van der Waals surface area contributed by atoms with Crippen molar-refractivity contribution in [3.8, 4) is 0 Å². The lowest BCUT2D eigenvalue weighted by Crippen LogP contribution is -2.37. The van der Waals surface area contributed by atoms with Crippen molar-refractivity contribution >= 4 is 5.91 Å². The van der Waals surface area contributed by atoms with Gasteiger partial charge in [-0.05, 0) is 44.2 Å². The molecule has 1 amide bonds. The van der Waals surface area contributed by atoms with Gasteiger partial charge < -0.3 is 10.4 Å². The normalized spacial score (nSPS) is 16.6. The van der Waals surface area contributed by atoms with E-state index < -0.39 is 0 Å². The summed E-state index contributed by atoms with van der Waals surface area (Å²) in [6, 6.07) is 7.71. The Morgan fingerprint density at radius 2 is 2.29 bits per heavy atom. The molecule has 0 radical (unpaired) electrons. The van der Waals surface area contributed by atoms with Crippen LogP contribution in [-0.4, -0.2) is 23.7 Å². The molecule has 92 valence electrons. The van der Waals surface area contributed by atoms with Crippen molar-refractivity contribution in [2.45, 2.75) is 32.2 Å². The molecule has 1 unspecified atom stereocenters. The molecule has 0 bridgehead atoms. The molecular weight excluding hydrogens is 214 g/mol. The molecular formula is C14H19NO2. The number of carbonyl (C=O) groups is 1. The van der Waals surface area contributed by atoms with Crippen molar-refractivity contribution < 1.29 is 9.90 Å². The molecule has 1 fully saturated rings. The topological polar surface area (TPSA) is 49.3 Å². The zero-order chi connectivity index (χ0) is 12.3. The molecule has 1 aliphatic carbocycles. The molecule has 0 heterocycles. The van der Waals surface area contributed by atoms with Gasteiger partial charge in [0.1, 0.15) is 0 Å². The molecule has 0 saturated heterocycles. The first-order valence-electron chi connectivity index (χ1n) is 6.19. The fourth-order valence-corrected chi connectivity index (χ4v) is 2.10. The van der Waals surface area contributed by atoms with Crippen LogP contribution in [-0.2, 0) is 0 Å². The van der Waals surface area contributed by atoms with Gasteiger partial charge in [0, 0.05) is 18.2 Å². The van der Waals surface area contributed by atoms with Gasteiger partial charge in [0.15, 0.2) is 0 Å². The number of amides is 1. The molecule has 17 heavy (non-hydrogen) atoms. The van der Waals surface area contributed by atoms with Crippen LogP contribution in [0.4, 0.5) is 0 Å². The number of carbonyl (C=O) groups excluding carboxylic acids is 1. The maximum absolute atomic E-state index is 12.0. The van der Waals surface area contributed by atoms with Crippen LogP contribution in [0, 0.1) is 12.8 Å². The van der Waals surface area contributed by atoms with Gasteiger partial charge >= 0.3 is 0 Å². The molecule has 1 aromatic rings. The number of rotatable bonds is 5. The number of hydrogen-bond donors (Lipinski definition) is 2. The average Bonchev–Trinajstić information content (AvgIpc) is 3.12. The molecule has 2 N–H and O–H groups in total. The van der Waals surface area contributed by atoms with Crippen LogP contribution in [0.15, 0.2) is 24.3 Å². The van der Waals surface area contributed by atoms with Crippen LogP contribution in [0.3, 0.4) is 0 Å². The molecule has 1 atom stereocenters. The third-order valence-corrected chi connectivity index (χ3v) is 3.23. The zero-order valence-corrected chi connectivity index (χ0v) is 10.1. The summed E-state index contributed by atoms with van der Waals surface area (Å²) < 4.78 is 0. The van der Waals surface area contributed by atoms with Gasteiger partial charge in [-0.2, -0.15) is 0 Å². The number of benzene rings is 1. The summed E-state index contributed by atoms with van der Waals surface area (Å²) in [4.78, 5) is 12.0. The summed E-state index contributed by atoms with van der Waals surface area (Å²) in [5.41, 5.74) is 1.79. The Balaban J connectivity index is 1.99. The lowest BCUT2D eigenvalue weighted by atomic mass is 10.1. The predicted octanol–water partition coefficient (Wildman–Crippen LogP) is 1.89. The van der Waals surface area contributed by atoms with E-state index in [1.807, 2.05) is 31.2 Å². The Hall–Kier alpha value is -1.35. The molecule has 1 aliphatic rings. The van der Waals surface area contributed by atoms with E-state index in [-0.39, 0.29) is 18.6 Å². The van der Waals surface area contributed by atoms with Crippen LogP contribution >= 0.6 is 0 Å². The third-order valence-electron chi connectivity index (χ3n) is 3.23. The second kappa shape index (κ2) is 5.32. The van der Waals surface area contributed by atoms with E-state index in [0.29, 0.717) is 17.9 Å². The minimum absolute atomic E-state index is 0.0287. The summed E-state index contributed by atoms with van der Waals surface area (Å²) >= 11 is 0. The van der Waals surface area contributed by atoms with Crippen LogP contribution in [0.25, 0.3) is 0 Å². The number of aliphatic hydroxyl groups excluding tert-OH is 1.